The molecule has 0 saturated heterocycles. The standard InChI is InChI=1S/C11H11FN4O3S/c1-20(18,19)16-9-6-13-15-10(9)11(17)14-8-4-2-7(12)3-5-8/h2-6,16H,1H3,(H,13,15)(H,14,17). The van der Waals surface area contributed by atoms with Gasteiger partial charge in [0.2, 0.25) is 10.0 Å². The molecule has 1 aromatic carbocycles. The molecule has 0 aliphatic rings. The van der Waals surface area contributed by atoms with E-state index in [0.29, 0.717) is 5.69 Å². The van der Waals surface area contributed by atoms with Gasteiger partial charge in [0, 0.05) is 11.9 Å². The van der Waals surface area contributed by atoms with Gasteiger partial charge in [0.25, 0.3) is 5.91 Å². The third kappa shape index (κ3) is 3.54. The summed E-state index contributed by atoms with van der Waals surface area (Å²) in [5, 5.41) is 8.55. The lowest BCUT2D eigenvalue weighted by molar-refractivity contribution is 0.102. The third-order valence-corrected chi connectivity index (χ3v) is 2.84. The van der Waals surface area contributed by atoms with Gasteiger partial charge in [-0.2, -0.15) is 5.10 Å². The average Bonchev–Trinajstić information content (AvgIpc) is 2.78. The van der Waals surface area contributed by atoms with Crippen LogP contribution in [0.25, 0.3) is 0 Å². The van der Waals surface area contributed by atoms with Crippen molar-refractivity contribution in [1.82, 2.24) is 10.2 Å². The van der Waals surface area contributed by atoms with Gasteiger partial charge in [0.15, 0.2) is 5.69 Å². The number of anilines is 2. The van der Waals surface area contributed by atoms with Gasteiger partial charge in [-0.05, 0) is 24.3 Å². The highest BCUT2D eigenvalue weighted by molar-refractivity contribution is 7.92. The molecule has 2 rings (SSSR count). The minimum atomic E-state index is -3.52. The van der Waals surface area contributed by atoms with Gasteiger partial charge >= 0.3 is 0 Å². The number of nitrogens with zero attached hydrogens (tertiary/aromatic N) is 1. The van der Waals surface area contributed by atoms with Crippen molar-refractivity contribution < 1.29 is 17.6 Å². The number of sulfonamides is 1. The average molecular weight is 298 g/mol. The minimum Gasteiger partial charge on any atom is -0.321 e. The number of benzene rings is 1. The molecular weight excluding hydrogens is 287 g/mol. The number of rotatable bonds is 4. The third-order valence-electron chi connectivity index (χ3n) is 2.25. The van der Waals surface area contributed by atoms with E-state index in [9.17, 15) is 17.6 Å². The van der Waals surface area contributed by atoms with E-state index in [2.05, 4.69) is 20.2 Å². The van der Waals surface area contributed by atoms with E-state index in [1.807, 2.05) is 0 Å². The summed E-state index contributed by atoms with van der Waals surface area (Å²) in [6, 6.07) is 5.14. The van der Waals surface area contributed by atoms with E-state index < -0.39 is 21.7 Å². The van der Waals surface area contributed by atoms with Crippen molar-refractivity contribution in [3.63, 3.8) is 0 Å². The molecule has 0 saturated carbocycles. The van der Waals surface area contributed by atoms with Crippen LogP contribution in [0.2, 0.25) is 0 Å². The van der Waals surface area contributed by atoms with Gasteiger partial charge in [0.1, 0.15) is 5.82 Å². The fraction of sp³-hybridized carbons (Fsp3) is 0.0909. The number of amides is 1. The number of halogens is 1. The molecule has 0 atom stereocenters. The SMILES string of the molecule is CS(=O)(=O)Nc1c[nH]nc1C(=O)Nc1ccc(F)cc1. The number of aromatic nitrogens is 2. The first kappa shape index (κ1) is 14.0. The Kier molecular flexibility index (Phi) is 3.70. The highest BCUT2D eigenvalue weighted by Crippen LogP contribution is 2.16. The van der Waals surface area contributed by atoms with Crippen molar-refractivity contribution >= 4 is 27.3 Å². The molecular formula is C11H11FN4O3S. The van der Waals surface area contributed by atoms with Crippen LogP contribution in [-0.2, 0) is 10.0 Å². The molecule has 7 nitrogen and oxygen atoms in total. The van der Waals surface area contributed by atoms with Gasteiger partial charge < -0.3 is 5.32 Å². The van der Waals surface area contributed by atoms with Gasteiger partial charge in [-0.1, -0.05) is 0 Å². The zero-order valence-corrected chi connectivity index (χ0v) is 11.2. The summed E-state index contributed by atoms with van der Waals surface area (Å²) in [4.78, 5) is 11.9. The first-order valence-corrected chi connectivity index (χ1v) is 7.33. The van der Waals surface area contributed by atoms with Crippen molar-refractivity contribution in [2.45, 2.75) is 0 Å². The summed E-state index contributed by atoms with van der Waals surface area (Å²) in [5.74, 6) is -1.05. The lowest BCUT2D eigenvalue weighted by atomic mass is 10.3. The number of carbonyl (C=O) groups is 1. The number of aromatic amines is 1. The predicted molar refractivity (Wildman–Crippen MR) is 71.4 cm³/mol. The Morgan fingerprint density at radius 3 is 2.55 bits per heavy atom. The van der Waals surface area contributed by atoms with Gasteiger partial charge in [0.05, 0.1) is 11.9 Å². The number of H-pyrrole nitrogens is 1. The van der Waals surface area contributed by atoms with Gasteiger partial charge in [-0.3, -0.25) is 14.6 Å². The maximum atomic E-state index is 12.7. The largest absolute Gasteiger partial charge is 0.321 e. The topological polar surface area (TPSA) is 104 Å². The van der Waals surface area contributed by atoms with Gasteiger partial charge in [-0.25, -0.2) is 12.8 Å². The second-order valence-electron chi connectivity index (χ2n) is 3.98. The van der Waals surface area contributed by atoms with Crippen molar-refractivity contribution in [1.29, 1.82) is 0 Å². The summed E-state index contributed by atoms with van der Waals surface area (Å²) in [6.07, 6.45) is 2.21. The molecule has 106 valence electrons. The van der Waals surface area contributed by atoms with E-state index in [1.165, 1.54) is 30.5 Å². The summed E-state index contributed by atoms with van der Waals surface area (Å²) in [6.45, 7) is 0. The second-order valence-corrected chi connectivity index (χ2v) is 5.73. The molecule has 1 aromatic heterocycles. The van der Waals surface area contributed by atoms with Crippen molar-refractivity contribution in [3.8, 4) is 0 Å². The van der Waals surface area contributed by atoms with Crippen molar-refractivity contribution in [2.75, 3.05) is 16.3 Å². The second kappa shape index (κ2) is 5.29. The summed E-state index contributed by atoms with van der Waals surface area (Å²) in [7, 11) is -3.52. The first-order valence-electron chi connectivity index (χ1n) is 5.43. The molecule has 3 N–H and O–H groups in total. The number of hydrogen-bond donors (Lipinski definition) is 3. The lowest BCUT2D eigenvalue weighted by Crippen LogP contribution is -2.17. The maximum absolute atomic E-state index is 12.7. The van der Waals surface area contributed by atoms with E-state index >= 15 is 0 Å². The summed E-state index contributed by atoms with van der Waals surface area (Å²) >= 11 is 0. The van der Waals surface area contributed by atoms with E-state index in [1.54, 1.807) is 0 Å². The number of carbonyl (C=O) groups excluding carboxylic acids is 1. The molecule has 1 heterocycles. The Labute approximate surface area is 114 Å². The van der Waals surface area contributed by atoms with Crippen LogP contribution < -0.4 is 10.0 Å². The Bertz CT molecular complexity index is 724. The van der Waals surface area contributed by atoms with Crippen LogP contribution in [-0.4, -0.2) is 30.8 Å². The molecule has 0 bridgehead atoms. The van der Waals surface area contributed by atoms with E-state index in [0.717, 1.165) is 6.26 Å². The zero-order chi connectivity index (χ0) is 14.8. The van der Waals surface area contributed by atoms with Crippen LogP contribution >= 0.6 is 0 Å². The molecule has 0 aliphatic heterocycles. The Hall–Kier alpha value is -2.42. The lowest BCUT2D eigenvalue weighted by Gasteiger charge is -2.05. The van der Waals surface area contributed by atoms with Crippen LogP contribution in [0.4, 0.5) is 15.8 Å². The first-order chi connectivity index (χ1) is 9.35. The van der Waals surface area contributed by atoms with Crippen molar-refractivity contribution in [2.24, 2.45) is 0 Å². The Morgan fingerprint density at radius 2 is 1.95 bits per heavy atom. The Balaban J connectivity index is 2.18. The molecule has 0 fully saturated rings. The minimum absolute atomic E-state index is 0.0344. The Morgan fingerprint density at radius 1 is 1.30 bits per heavy atom. The normalized spacial score (nSPS) is 11.1. The van der Waals surface area contributed by atoms with Crippen LogP contribution in [0, 0.1) is 5.82 Å². The molecule has 0 radical (unpaired) electrons. The molecule has 1 amide bonds. The molecule has 2 aromatic rings. The van der Waals surface area contributed by atoms with Crippen molar-refractivity contribution in [3.05, 3.63) is 42.0 Å². The fourth-order valence-electron chi connectivity index (χ4n) is 1.46. The van der Waals surface area contributed by atoms with Crippen LogP contribution in [0.15, 0.2) is 30.5 Å². The molecule has 9 heteroatoms. The predicted octanol–water partition coefficient (Wildman–Crippen LogP) is 1.17. The van der Waals surface area contributed by atoms with E-state index in [-0.39, 0.29) is 11.4 Å². The van der Waals surface area contributed by atoms with Crippen LogP contribution in [0.3, 0.4) is 0 Å². The highest BCUT2D eigenvalue weighted by atomic mass is 32.2. The van der Waals surface area contributed by atoms with E-state index in [4.69, 9.17) is 0 Å². The summed E-state index contributed by atoms with van der Waals surface area (Å²) < 4.78 is 37.2. The monoisotopic (exact) mass is 298 g/mol. The summed E-state index contributed by atoms with van der Waals surface area (Å²) in [5.41, 5.74) is 0.288. The molecule has 0 spiro atoms. The molecule has 0 aliphatic carbocycles. The van der Waals surface area contributed by atoms with Crippen LogP contribution in [0.5, 0.6) is 0 Å². The fourth-order valence-corrected chi connectivity index (χ4v) is 2.02. The molecule has 0 unspecified atom stereocenters. The molecule has 20 heavy (non-hydrogen) atoms. The number of hydrogen-bond acceptors (Lipinski definition) is 4. The highest BCUT2D eigenvalue weighted by Gasteiger charge is 2.17. The van der Waals surface area contributed by atoms with Gasteiger partial charge in [-0.15, -0.1) is 0 Å². The quantitative estimate of drug-likeness (QED) is 0.788. The number of nitrogens with one attached hydrogen (secondary N) is 3. The smallest absolute Gasteiger partial charge is 0.278 e. The zero-order valence-electron chi connectivity index (χ0n) is 10.3. The maximum Gasteiger partial charge on any atom is 0.278 e. The van der Waals surface area contributed by atoms with Crippen LogP contribution in [0.1, 0.15) is 10.5 Å².